The van der Waals surface area contributed by atoms with Crippen molar-refractivity contribution in [2.45, 2.75) is 19.8 Å². The van der Waals surface area contributed by atoms with Gasteiger partial charge in [0.2, 0.25) is 5.91 Å². The highest BCUT2D eigenvalue weighted by Gasteiger charge is 2.15. The van der Waals surface area contributed by atoms with Gasteiger partial charge < -0.3 is 10.6 Å². The molecular formula is C19H18Cl2N4O. The zero-order chi connectivity index (χ0) is 18.5. The number of rotatable bonds is 6. The Balaban J connectivity index is 1.94. The predicted octanol–water partition coefficient (Wildman–Crippen LogP) is 6.12. The van der Waals surface area contributed by atoms with Crippen LogP contribution >= 0.6 is 23.2 Å². The van der Waals surface area contributed by atoms with E-state index in [1.165, 1.54) is 4.68 Å². The van der Waals surface area contributed by atoms with Gasteiger partial charge in [-0.25, -0.2) is 0 Å². The van der Waals surface area contributed by atoms with E-state index < -0.39 is 0 Å². The van der Waals surface area contributed by atoms with Crippen molar-refractivity contribution in [3.8, 4) is 0 Å². The summed E-state index contributed by atoms with van der Waals surface area (Å²) in [6.45, 7) is 1.95. The van der Waals surface area contributed by atoms with E-state index in [9.17, 15) is 4.79 Å². The van der Waals surface area contributed by atoms with Gasteiger partial charge in [0.15, 0.2) is 5.82 Å². The van der Waals surface area contributed by atoms with Crippen LogP contribution in [0.3, 0.4) is 0 Å². The van der Waals surface area contributed by atoms with Crippen LogP contribution in [0, 0.1) is 0 Å². The molecule has 0 fully saturated rings. The van der Waals surface area contributed by atoms with E-state index in [1.54, 1.807) is 18.2 Å². The van der Waals surface area contributed by atoms with Crippen LogP contribution in [0.15, 0.2) is 54.6 Å². The highest BCUT2D eigenvalue weighted by molar-refractivity contribution is 6.33. The number of carbonyl (C=O) groups excluding carboxylic acids is 1. The average Bonchev–Trinajstić information content (AvgIpc) is 3.02. The number of hydrogen-bond donors (Lipinski definition) is 2. The Morgan fingerprint density at radius 1 is 1.00 bits per heavy atom. The van der Waals surface area contributed by atoms with E-state index in [-0.39, 0.29) is 5.91 Å². The Morgan fingerprint density at radius 3 is 2.15 bits per heavy atom. The molecular weight excluding hydrogens is 371 g/mol. The molecule has 0 unspecified atom stereocenters. The lowest BCUT2D eigenvalue weighted by molar-refractivity contribution is 0.0889. The third-order valence-electron chi connectivity index (χ3n) is 3.68. The molecule has 26 heavy (non-hydrogen) atoms. The van der Waals surface area contributed by atoms with E-state index >= 15 is 0 Å². The largest absolute Gasteiger partial charge is 0.339 e. The zero-order valence-corrected chi connectivity index (χ0v) is 15.7. The SMILES string of the molecule is CCCC(=O)n1nc(Nc2ccccc2Cl)cc1Nc1ccccc1Cl. The van der Waals surface area contributed by atoms with Crippen molar-refractivity contribution in [2.24, 2.45) is 0 Å². The second kappa shape index (κ2) is 8.25. The highest BCUT2D eigenvalue weighted by Crippen LogP contribution is 2.29. The summed E-state index contributed by atoms with van der Waals surface area (Å²) >= 11 is 12.4. The van der Waals surface area contributed by atoms with Crippen molar-refractivity contribution in [3.05, 3.63) is 64.6 Å². The molecule has 3 rings (SSSR count). The van der Waals surface area contributed by atoms with Crippen LogP contribution in [0.2, 0.25) is 10.0 Å². The third kappa shape index (κ3) is 4.18. The quantitative estimate of drug-likeness (QED) is 0.533. The molecule has 7 heteroatoms. The summed E-state index contributed by atoms with van der Waals surface area (Å²) < 4.78 is 1.35. The maximum atomic E-state index is 12.4. The number of halogens is 2. The molecule has 5 nitrogen and oxygen atoms in total. The molecule has 3 aromatic rings. The summed E-state index contributed by atoms with van der Waals surface area (Å²) in [5, 5.41) is 11.8. The van der Waals surface area contributed by atoms with Gasteiger partial charge in [-0.2, -0.15) is 4.68 Å². The van der Waals surface area contributed by atoms with Crippen LogP contribution < -0.4 is 10.6 Å². The van der Waals surface area contributed by atoms with E-state index in [0.717, 1.165) is 6.42 Å². The third-order valence-corrected chi connectivity index (χ3v) is 4.34. The minimum Gasteiger partial charge on any atom is -0.339 e. The van der Waals surface area contributed by atoms with E-state index in [4.69, 9.17) is 23.2 Å². The van der Waals surface area contributed by atoms with E-state index in [0.29, 0.717) is 39.5 Å². The number of benzene rings is 2. The molecule has 0 bridgehead atoms. The lowest BCUT2D eigenvalue weighted by Gasteiger charge is -2.09. The van der Waals surface area contributed by atoms with Gasteiger partial charge in [-0.15, -0.1) is 5.10 Å². The molecule has 0 aliphatic carbocycles. The van der Waals surface area contributed by atoms with Gasteiger partial charge in [0.1, 0.15) is 5.82 Å². The first-order valence-electron chi connectivity index (χ1n) is 8.25. The van der Waals surface area contributed by atoms with E-state index in [1.807, 2.05) is 43.3 Å². The highest BCUT2D eigenvalue weighted by atomic mass is 35.5. The average molecular weight is 389 g/mol. The molecule has 0 spiro atoms. The van der Waals surface area contributed by atoms with Gasteiger partial charge in [-0.1, -0.05) is 54.4 Å². The van der Waals surface area contributed by atoms with Crippen LogP contribution in [0.5, 0.6) is 0 Å². The van der Waals surface area contributed by atoms with Gasteiger partial charge in [-0.05, 0) is 30.7 Å². The molecule has 0 saturated heterocycles. The van der Waals surface area contributed by atoms with Gasteiger partial charge in [0.25, 0.3) is 0 Å². The summed E-state index contributed by atoms with van der Waals surface area (Å²) in [5.74, 6) is 0.942. The van der Waals surface area contributed by atoms with Crippen LogP contribution in [-0.4, -0.2) is 15.7 Å². The number of hydrogen-bond acceptors (Lipinski definition) is 4. The van der Waals surface area contributed by atoms with Crippen molar-refractivity contribution in [2.75, 3.05) is 10.6 Å². The Kier molecular flexibility index (Phi) is 5.81. The smallest absolute Gasteiger partial charge is 0.248 e. The molecule has 1 heterocycles. The topological polar surface area (TPSA) is 59.0 Å². The molecule has 0 amide bonds. The Labute approximate surface area is 161 Å². The fourth-order valence-electron chi connectivity index (χ4n) is 2.44. The summed E-state index contributed by atoms with van der Waals surface area (Å²) in [4.78, 5) is 12.4. The number of nitrogens with one attached hydrogen (secondary N) is 2. The van der Waals surface area contributed by atoms with Gasteiger partial charge in [-0.3, -0.25) is 4.79 Å². The monoisotopic (exact) mass is 388 g/mol. The lowest BCUT2D eigenvalue weighted by Crippen LogP contribution is -2.14. The maximum absolute atomic E-state index is 12.4. The number of carbonyl (C=O) groups is 1. The summed E-state index contributed by atoms with van der Waals surface area (Å²) in [6.07, 6.45) is 1.13. The molecule has 0 aliphatic heterocycles. The molecule has 0 atom stereocenters. The first-order valence-corrected chi connectivity index (χ1v) is 9.00. The predicted molar refractivity (Wildman–Crippen MR) is 107 cm³/mol. The van der Waals surface area contributed by atoms with Crippen molar-refractivity contribution in [3.63, 3.8) is 0 Å². The molecule has 0 aliphatic rings. The maximum Gasteiger partial charge on any atom is 0.248 e. The van der Waals surface area contributed by atoms with Crippen molar-refractivity contribution >= 4 is 52.1 Å². The normalized spacial score (nSPS) is 10.6. The molecule has 0 saturated carbocycles. The lowest BCUT2D eigenvalue weighted by atomic mass is 10.3. The Morgan fingerprint density at radius 2 is 1.58 bits per heavy atom. The number of aromatic nitrogens is 2. The molecule has 134 valence electrons. The minimum atomic E-state index is -0.103. The van der Waals surface area contributed by atoms with Crippen LogP contribution in [0.25, 0.3) is 0 Å². The molecule has 2 N–H and O–H groups in total. The molecule has 1 aromatic heterocycles. The summed E-state index contributed by atoms with van der Waals surface area (Å²) in [5.41, 5.74) is 1.41. The van der Waals surface area contributed by atoms with Gasteiger partial charge in [0.05, 0.1) is 21.4 Å². The number of nitrogens with zero attached hydrogens (tertiary/aromatic N) is 2. The number of para-hydroxylation sites is 2. The summed E-state index contributed by atoms with van der Waals surface area (Å²) in [7, 11) is 0. The van der Waals surface area contributed by atoms with Crippen LogP contribution in [-0.2, 0) is 0 Å². The van der Waals surface area contributed by atoms with Crippen molar-refractivity contribution < 1.29 is 4.79 Å². The molecule has 0 radical (unpaired) electrons. The first kappa shape index (κ1) is 18.3. The van der Waals surface area contributed by atoms with Gasteiger partial charge in [0, 0.05) is 12.5 Å². The fourth-order valence-corrected chi connectivity index (χ4v) is 2.81. The number of anilines is 4. The Bertz CT molecular complexity index is 923. The fraction of sp³-hybridized carbons (Fsp3) is 0.158. The van der Waals surface area contributed by atoms with E-state index in [2.05, 4.69) is 15.7 Å². The second-order valence-corrected chi connectivity index (χ2v) is 6.49. The van der Waals surface area contributed by atoms with Crippen molar-refractivity contribution in [1.29, 1.82) is 0 Å². The standard InChI is InChI=1S/C19H18Cl2N4O/c1-2-7-19(26)25-18(23-16-11-6-4-9-14(16)21)12-17(24-25)22-15-10-5-3-8-13(15)20/h3-6,8-12,23H,2,7H2,1H3,(H,22,24). The zero-order valence-electron chi connectivity index (χ0n) is 14.2. The second-order valence-electron chi connectivity index (χ2n) is 5.68. The van der Waals surface area contributed by atoms with Crippen LogP contribution in [0.1, 0.15) is 24.6 Å². The Hall–Kier alpha value is -2.50. The minimum absolute atomic E-state index is 0.103. The van der Waals surface area contributed by atoms with Crippen LogP contribution in [0.4, 0.5) is 23.0 Å². The van der Waals surface area contributed by atoms with Crippen molar-refractivity contribution in [1.82, 2.24) is 9.78 Å². The summed E-state index contributed by atoms with van der Waals surface area (Å²) in [6, 6.07) is 16.4. The van der Waals surface area contributed by atoms with Gasteiger partial charge >= 0.3 is 0 Å². The molecule has 2 aromatic carbocycles. The first-order chi connectivity index (χ1) is 12.6.